The van der Waals surface area contributed by atoms with Gasteiger partial charge in [0.05, 0.1) is 0 Å². The van der Waals surface area contributed by atoms with Crippen molar-refractivity contribution in [1.29, 1.82) is 0 Å². The molecule has 0 aliphatic carbocycles. The fraction of sp³-hybridized carbons (Fsp3) is 0.300. The summed E-state index contributed by atoms with van der Waals surface area (Å²) in [5.74, 6) is 0.0259. The maximum absolute atomic E-state index is 12.1. The van der Waals surface area contributed by atoms with Gasteiger partial charge < -0.3 is 10.6 Å². The summed E-state index contributed by atoms with van der Waals surface area (Å²) in [5.41, 5.74) is 5.83. The summed E-state index contributed by atoms with van der Waals surface area (Å²) in [4.78, 5) is 24.1. The van der Waals surface area contributed by atoms with Crippen LogP contribution in [0, 0.1) is 27.7 Å². The fourth-order valence-corrected chi connectivity index (χ4v) is 2.71. The molecule has 0 aliphatic heterocycles. The first kappa shape index (κ1) is 17.7. The van der Waals surface area contributed by atoms with E-state index in [0.717, 1.165) is 22.4 Å². The number of aryl methyl sites for hydroxylation is 4. The van der Waals surface area contributed by atoms with Gasteiger partial charge in [0.25, 0.3) is 0 Å². The Morgan fingerprint density at radius 1 is 0.875 bits per heavy atom. The molecule has 2 rings (SSSR count). The Kier molecular flexibility index (Phi) is 5.74. The molecule has 0 bridgehead atoms. The van der Waals surface area contributed by atoms with Gasteiger partial charge in [0, 0.05) is 24.2 Å². The lowest BCUT2D eigenvalue weighted by Gasteiger charge is -2.13. The van der Waals surface area contributed by atoms with E-state index in [4.69, 9.17) is 0 Å². The topological polar surface area (TPSA) is 58.2 Å². The zero-order valence-electron chi connectivity index (χ0n) is 14.7. The number of benzene rings is 2. The molecule has 0 radical (unpaired) electrons. The predicted octanol–water partition coefficient (Wildman–Crippen LogP) is 4.31. The van der Waals surface area contributed by atoms with Crippen LogP contribution in [0.2, 0.25) is 0 Å². The number of anilines is 1. The van der Waals surface area contributed by atoms with Crippen LogP contribution >= 0.6 is 0 Å². The number of Topliss-reactive ketones (excluding diaryl/α,β-unsaturated/α-hetero) is 1. The summed E-state index contributed by atoms with van der Waals surface area (Å²) in [7, 11) is 0. The van der Waals surface area contributed by atoms with Gasteiger partial charge in [0.1, 0.15) is 0 Å². The van der Waals surface area contributed by atoms with Gasteiger partial charge in [-0.05, 0) is 38.8 Å². The fourth-order valence-electron chi connectivity index (χ4n) is 2.71. The second kappa shape index (κ2) is 7.77. The number of hydrogen-bond donors (Lipinski definition) is 2. The van der Waals surface area contributed by atoms with Crippen LogP contribution in [0.5, 0.6) is 0 Å². The Bertz CT molecular complexity index is 726. The average molecular weight is 324 g/mol. The molecule has 0 unspecified atom stereocenters. The summed E-state index contributed by atoms with van der Waals surface area (Å²) in [6, 6.07) is 11.2. The van der Waals surface area contributed by atoms with Gasteiger partial charge in [-0.25, -0.2) is 4.79 Å². The van der Waals surface area contributed by atoms with E-state index < -0.39 is 0 Å². The average Bonchev–Trinajstić information content (AvgIpc) is 2.51. The van der Waals surface area contributed by atoms with Crippen molar-refractivity contribution in [1.82, 2.24) is 5.32 Å². The zero-order valence-corrected chi connectivity index (χ0v) is 14.7. The van der Waals surface area contributed by atoms with Crippen LogP contribution in [0.25, 0.3) is 0 Å². The Morgan fingerprint density at radius 3 is 2.04 bits per heavy atom. The van der Waals surface area contributed by atoms with E-state index in [1.807, 2.05) is 64.1 Å². The molecule has 0 saturated carbocycles. The Hall–Kier alpha value is -2.62. The SMILES string of the molecule is Cc1ccc(C(=O)CCNC(=O)Nc2c(C)cc(C)cc2C)cc1. The van der Waals surface area contributed by atoms with Crippen molar-refractivity contribution in [2.45, 2.75) is 34.1 Å². The monoisotopic (exact) mass is 324 g/mol. The Balaban J connectivity index is 1.85. The third-order valence-electron chi connectivity index (χ3n) is 3.93. The van der Waals surface area contributed by atoms with E-state index in [1.165, 1.54) is 5.56 Å². The van der Waals surface area contributed by atoms with Crippen LogP contribution < -0.4 is 10.6 Å². The molecule has 0 fully saturated rings. The highest BCUT2D eigenvalue weighted by Gasteiger charge is 2.09. The molecule has 0 aromatic heterocycles. The van der Waals surface area contributed by atoms with E-state index in [2.05, 4.69) is 10.6 Å². The third kappa shape index (κ3) is 4.69. The quantitative estimate of drug-likeness (QED) is 0.805. The molecule has 2 amide bonds. The number of hydrogen-bond acceptors (Lipinski definition) is 2. The molecule has 126 valence electrons. The molecule has 2 aromatic rings. The molecule has 4 heteroatoms. The van der Waals surface area contributed by atoms with Crippen molar-refractivity contribution in [2.24, 2.45) is 0 Å². The van der Waals surface area contributed by atoms with Crippen LogP contribution in [-0.4, -0.2) is 18.4 Å². The number of nitrogens with one attached hydrogen (secondary N) is 2. The highest BCUT2D eigenvalue weighted by molar-refractivity contribution is 5.97. The first-order chi connectivity index (χ1) is 11.4. The van der Waals surface area contributed by atoms with Crippen LogP contribution in [0.4, 0.5) is 10.5 Å². The van der Waals surface area contributed by atoms with E-state index >= 15 is 0 Å². The smallest absolute Gasteiger partial charge is 0.319 e. The van der Waals surface area contributed by atoms with Gasteiger partial charge in [-0.3, -0.25) is 4.79 Å². The van der Waals surface area contributed by atoms with Gasteiger partial charge >= 0.3 is 6.03 Å². The molecule has 0 saturated heterocycles. The highest BCUT2D eigenvalue weighted by Crippen LogP contribution is 2.21. The first-order valence-corrected chi connectivity index (χ1v) is 8.09. The van der Waals surface area contributed by atoms with E-state index in [1.54, 1.807) is 0 Å². The highest BCUT2D eigenvalue weighted by atomic mass is 16.2. The number of rotatable bonds is 5. The summed E-state index contributed by atoms with van der Waals surface area (Å²) in [6.45, 7) is 8.26. The summed E-state index contributed by atoms with van der Waals surface area (Å²) < 4.78 is 0. The number of amides is 2. The van der Waals surface area contributed by atoms with Crippen LogP contribution in [0.15, 0.2) is 36.4 Å². The van der Waals surface area contributed by atoms with Crippen molar-refractivity contribution in [3.63, 3.8) is 0 Å². The molecule has 24 heavy (non-hydrogen) atoms. The minimum Gasteiger partial charge on any atom is -0.337 e. The van der Waals surface area contributed by atoms with Gasteiger partial charge in [0.15, 0.2) is 5.78 Å². The molecule has 0 atom stereocenters. The second-order valence-electron chi connectivity index (χ2n) is 6.19. The van der Waals surface area contributed by atoms with Crippen LogP contribution in [0.1, 0.15) is 39.0 Å². The van der Waals surface area contributed by atoms with Crippen LogP contribution in [-0.2, 0) is 0 Å². The van der Waals surface area contributed by atoms with E-state index in [9.17, 15) is 9.59 Å². The standard InChI is InChI=1S/C20H24N2O2/c1-13-5-7-17(8-6-13)18(23)9-10-21-20(24)22-19-15(3)11-14(2)12-16(19)4/h5-8,11-12H,9-10H2,1-4H3,(H2,21,22,24). The van der Waals surface area contributed by atoms with Crippen LogP contribution in [0.3, 0.4) is 0 Å². The Labute approximate surface area is 143 Å². The maximum Gasteiger partial charge on any atom is 0.319 e. The normalized spacial score (nSPS) is 10.3. The van der Waals surface area contributed by atoms with Crippen molar-refractivity contribution in [2.75, 3.05) is 11.9 Å². The van der Waals surface area contributed by atoms with Gasteiger partial charge in [-0.1, -0.05) is 47.5 Å². The molecule has 2 aromatic carbocycles. The Morgan fingerprint density at radius 2 is 1.46 bits per heavy atom. The first-order valence-electron chi connectivity index (χ1n) is 8.09. The molecule has 4 nitrogen and oxygen atoms in total. The minimum absolute atomic E-state index is 0.0259. The molecular formula is C20H24N2O2. The molecule has 0 spiro atoms. The van der Waals surface area contributed by atoms with Crippen molar-refractivity contribution < 1.29 is 9.59 Å². The molecular weight excluding hydrogens is 300 g/mol. The number of ketones is 1. The van der Waals surface area contributed by atoms with Gasteiger partial charge in [-0.15, -0.1) is 0 Å². The third-order valence-corrected chi connectivity index (χ3v) is 3.93. The number of carbonyl (C=O) groups is 2. The van der Waals surface area contributed by atoms with Gasteiger partial charge in [0.2, 0.25) is 0 Å². The number of urea groups is 1. The molecule has 2 N–H and O–H groups in total. The van der Waals surface area contributed by atoms with Gasteiger partial charge in [-0.2, -0.15) is 0 Å². The maximum atomic E-state index is 12.1. The molecule has 0 heterocycles. The lowest BCUT2D eigenvalue weighted by Crippen LogP contribution is -2.31. The van der Waals surface area contributed by atoms with Crippen molar-refractivity contribution in [3.05, 3.63) is 64.2 Å². The summed E-state index contributed by atoms with van der Waals surface area (Å²) >= 11 is 0. The minimum atomic E-state index is -0.290. The summed E-state index contributed by atoms with van der Waals surface area (Å²) in [6.07, 6.45) is 0.280. The van der Waals surface area contributed by atoms with E-state index in [-0.39, 0.29) is 18.2 Å². The second-order valence-corrected chi connectivity index (χ2v) is 6.19. The zero-order chi connectivity index (χ0) is 17.7. The van der Waals surface area contributed by atoms with E-state index in [0.29, 0.717) is 12.1 Å². The molecule has 0 aliphatic rings. The predicted molar refractivity (Wildman–Crippen MR) is 97.8 cm³/mol. The van der Waals surface area contributed by atoms with Crippen molar-refractivity contribution >= 4 is 17.5 Å². The largest absolute Gasteiger partial charge is 0.337 e. The van der Waals surface area contributed by atoms with Crippen molar-refractivity contribution in [3.8, 4) is 0 Å². The lowest BCUT2D eigenvalue weighted by atomic mass is 10.1. The lowest BCUT2D eigenvalue weighted by molar-refractivity contribution is 0.0983. The summed E-state index contributed by atoms with van der Waals surface area (Å²) in [5, 5.41) is 5.61. The number of carbonyl (C=O) groups excluding carboxylic acids is 2.